The summed E-state index contributed by atoms with van der Waals surface area (Å²) in [5, 5.41) is 19.3. The number of benzene rings is 2. The highest BCUT2D eigenvalue weighted by atomic mass is 79.9. The van der Waals surface area contributed by atoms with Gasteiger partial charge in [-0.15, -0.1) is 0 Å². The summed E-state index contributed by atoms with van der Waals surface area (Å²) in [7, 11) is 1.63. The van der Waals surface area contributed by atoms with Gasteiger partial charge in [0.15, 0.2) is 0 Å². The maximum absolute atomic E-state index is 10.7. The lowest BCUT2D eigenvalue weighted by molar-refractivity contribution is 0.296. The van der Waals surface area contributed by atoms with Gasteiger partial charge in [-0.3, -0.25) is 5.21 Å². The third kappa shape index (κ3) is 3.47. The van der Waals surface area contributed by atoms with Crippen molar-refractivity contribution in [1.82, 2.24) is 0 Å². The Bertz CT molecular complexity index is 555. The molecule has 0 spiro atoms. The third-order valence-corrected chi connectivity index (χ3v) is 3.40. The van der Waals surface area contributed by atoms with Gasteiger partial charge in [0.1, 0.15) is 5.75 Å². The Hall–Kier alpha value is -1.56. The lowest BCUT2D eigenvalue weighted by Gasteiger charge is -2.21. The molecule has 0 bridgehead atoms. The van der Waals surface area contributed by atoms with Crippen LogP contribution in [-0.4, -0.2) is 12.3 Å². The largest absolute Gasteiger partial charge is 0.733 e. The maximum atomic E-state index is 10.7. The SMILES string of the molecule is COc1ccc(Cc2ccc(N([O-])O)cc2)cc1Br. The molecular weight excluding hydrogens is 310 g/mol. The van der Waals surface area contributed by atoms with Crippen LogP contribution in [0.4, 0.5) is 5.69 Å². The number of hydrogen-bond donors (Lipinski definition) is 1. The first-order valence-electron chi connectivity index (χ1n) is 5.67. The van der Waals surface area contributed by atoms with Crippen molar-refractivity contribution >= 4 is 21.6 Å². The van der Waals surface area contributed by atoms with Crippen molar-refractivity contribution in [3.05, 3.63) is 63.3 Å². The molecule has 0 unspecified atom stereocenters. The van der Waals surface area contributed by atoms with E-state index in [4.69, 9.17) is 9.94 Å². The van der Waals surface area contributed by atoms with Gasteiger partial charge in [-0.25, -0.2) is 0 Å². The van der Waals surface area contributed by atoms with Gasteiger partial charge in [0.25, 0.3) is 0 Å². The van der Waals surface area contributed by atoms with Gasteiger partial charge >= 0.3 is 0 Å². The van der Waals surface area contributed by atoms with E-state index >= 15 is 0 Å². The fourth-order valence-electron chi connectivity index (χ4n) is 1.80. The van der Waals surface area contributed by atoms with Crippen LogP contribution < -0.4 is 9.96 Å². The highest BCUT2D eigenvalue weighted by Crippen LogP contribution is 2.26. The average molecular weight is 323 g/mol. The summed E-state index contributed by atoms with van der Waals surface area (Å²) >= 11 is 3.45. The molecule has 2 rings (SSSR count). The van der Waals surface area contributed by atoms with Crippen LogP contribution in [0.5, 0.6) is 5.75 Å². The highest BCUT2D eigenvalue weighted by Gasteiger charge is 2.03. The Morgan fingerprint density at radius 3 is 2.32 bits per heavy atom. The van der Waals surface area contributed by atoms with E-state index in [1.165, 1.54) is 0 Å². The van der Waals surface area contributed by atoms with E-state index in [0.29, 0.717) is 0 Å². The van der Waals surface area contributed by atoms with Crippen LogP contribution in [0.3, 0.4) is 0 Å². The van der Waals surface area contributed by atoms with Crippen LogP contribution in [-0.2, 0) is 6.42 Å². The number of ether oxygens (including phenoxy) is 1. The minimum Gasteiger partial charge on any atom is -0.733 e. The summed E-state index contributed by atoms with van der Waals surface area (Å²) < 4.78 is 6.08. The minimum absolute atomic E-state index is 0.145. The van der Waals surface area contributed by atoms with Crippen molar-refractivity contribution in [2.75, 3.05) is 12.3 Å². The van der Waals surface area contributed by atoms with Crippen molar-refractivity contribution in [3.63, 3.8) is 0 Å². The summed E-state index contributed by atoms with van der Waals surface area (Å²) in [5.41, 5.74) is 2.41. The number of anilines is 1. The molecule has 5 heteroatoms. The molecule has 0 fully saturated rings. The van der Waals surface area contributed by atoms with Crippen molar-refractivity contribution in [2.45, 2.75) is 6.42 Å². The van der Waals surface area contributed by atoms with Gasteiger partial charge in [0, 0.05) is 0 Å². The smallest absolute Gasteiger partial charge is 0.133 e. The minimum atomic E-state index is -0.145. The Morgan fingerprint density at radius 2 is 1.79 bits per heavy atom. The lowest BCUT2D eigenvalue weighted by atomic mass is 10.0. The topological polar surface area (TPSA) is 55.8 Å². The second kappa shape index (κ2) is 6.06. The van der Waals surface area contributed by atoms with E-state index < -0.39 is 0 Å². The van der Waals surface area contributed by atoms with Crippen LogP contribution in [0.15, 0.2) is 46.9 Å². The Morgan fingerprint density at radius 1 is 1.16 bits per heavy atom. The van der Waals surface area contributed by atoms with E-state index in [9.17, 15) is 5.21 Å². The number of methoxy groups -OCH3 is 1. The quantitative estimate of drug-likeness (QED) is 0.871. The zero-order valence-electron chi connectivity index (χ0n) is 10.3. The summed E-state index contributed by atoms with van der Waals surface area (Å²) in [6.45, 7) is 0. The molecule has 100 valence electrons. The van der Waals surface area contributed by atoms with E-state index in [0.717, 1.165) is 27.8 Å². The van der Waals surface area contributed by atoms with Crippen LogP contribution >= 0.6 is 15.9 Å². The number of rotatable bonds is 4. The summed E-state index contributed by atoms with van der Waals surface area (Å²) in [4.78, 5) is 0. The van der Waals surface area contributed by atoms with Gasteiger partial charge < -0.3 is 15.2 Å². The lowest BCUT2D eigenvalue weighted by Crippen LogP contribution is -2.06. The van der Waals surface area contributed by atoms with Crippen molar-refractivity contribution in [2.24, 2.45) is 0 Å². The molecule has 0 aliphatic rings. The molecule has 0 aliphatic heterocycles. The first kappa shape index (κ1) is 13.9. The maximum Gasteiger partial charge on any atom is 0.133 e. The number of halogens is 1. The van der Waals surface area contributed by atoms with Crippen molar-refractivity contribution < 1.29 is 9.94 Å². The predicted octanol–water partition coefficient (Wildman–Crippen LogP) is 3.74. The van der Waals surface area contributed by atoms with Crippen LogP contribution in [0.2, 0.25) is 0 Å². The molecule has 19 heavy (non-hydrogen) atoms. The Balaban J connectivity index is 2.14. The third-order valence-electron chi connectivity index (χ3n) is 2.78. The van der Waals surface area contributed by atoms with E-state index in [1.807, 2.05) is 30.3 Å². The van der Waals surface area contributed by atoms with Gasteiger partial charge in [0.2, 0.25) is 0 Å². The second-order valence-corrected chi connectivity index (χ2v) is 4.94. The first-order valence-corrected chi connectivity index (χ1v) is 6.47. The molecule has 0 saturated carbocycles. The monoisotopic (exact) mass is 322 g/mol. The van der Waals surface area contributed by atoms with E-state index in [2.05, 4.69) is 15.9 Å². The first-order chi connectivity index (χ1) is 9.10. The Kier molecular flexibility index (Phi) is 4.42. The molecule has 0 amide bonds. The molecule has 2 aromatic rings. The molecule has 0 saturated heterocycles. The highest BCUT2D eigenvalue weighted by molar-refractivity contribution is 9.10. The van der Waals surface area contributed by atoms with Gasteiger partial charge in [0.05, 0.1) is 17.3 Å². The predicted molar refractivity (Wildman–Crippen MR) is 77.6 cm³/mol. The van der Waals surface area contributed by atoms with Crippen molar-refractivity contribution in [3.8, 4) is 5.75 Å². The molecule has 0 aromatic heterocycles. The van der Waals surface area contributed by atoms with Gasteiger partial charge in [-0.2, -0.15) is 0 Å². The average Bonchev–Trinajstić information content (AvgIpc) is 2.39. The number of nitrogens with zero attached hydrogens (tertiary/aromatic N) is 1. The fourth-order valence-corrected chi connectivity index (χ4v) is 2.38. The molecule has 2 aromatic carbocycles. The van der Waals surface area contributed by atoms with Gasteiger partial charge in [-0.05, 0) is 57.7 Å². The Labute approximate surface area is 119 Å². The van der Waals surface area contributed by atoms with Crippen LogP contribution in [0.25, 0.3) is 0 Å². The molecule has 0 atom stereocenters. The van der Waals surface area contributed by atoms with Gasteiger partial charge in [-0.1, -0.05) is 18.2 Å². The van der Waals surface area contributed by atoms with E-state index in [-0.39, 0.29) is 10.9 Å². The second-order valence-electron chi connectivity index (χ2n) is 4.09. The molecule has 1 N–H and O–H groups in total. The molecular formula is C14H13BrNO3-. The zero-order valence-corrected chi connectivity index (χ0v) is 11.9. The summed E-state index contributed by atoms with van der Waals surface area (Å²) in [6, 6.07) is 12.7. The molecule has 0 aliphatic carbocycles. The molecule has 0 radical (unpaired) electrons. The zero-order chi connectivity index (χ0) is 13.8. The summed E-state index contributed by atoms with van der Waals surface area (Å²) in [5.74, 6) is 0.793. The van der Waals surface area contributed by atoms with Crippen LogP contribution in [0, 0.1) is 5.21 Å². The molecule has 4 nitrogen and oxygen atoms in total. The summed E-state index contributed by atoms with van der Waals surface area (Å²) in [6.07, 6.45) is 0.743. The van der Waals surface area contributed by atoms with E-state index in [1.54, 1.807) is 19.2 Å². The number of hydrogen-bond acceptors (Lipinski definition) is 4. The van der Waals surface area contributed by atoms with Crippen molar-refractivity contribution in [1.29, 1.82) is 0 Å². The standard InChI is InChI=1S/C14H13BrNO3/c1-19-14-7-4-11(9-13(14)15)8-10-2-5-12(6-3-10)16(17)18/h2-7,9,17H,8H2,1H3/q-1. The normalized spacial score (nSPS) is 10.3. The fraction of sp³-hybridized carbons (Fsp3) is 0.143. The molecule has 0 heterocycles. The van der Waals surface area contributed by atoms with Crippen LogP contribution in [0.1, 0.15) is 11.1 Å².